The van der Waals surface area contributed by atoms with Crippen molar-refractivity contribution in [1.82, 2.24) is 5.32 Å². The van der Waals surface area contributed by atoms with Gasteiger partial charge in [-0.1, -0.05) is 6.92 Å². The second-order valence-electron chi connectivity index (χ2n) is 4.82. The monoisotopic (exact) mass is 285 g/mol. The molecule has 0 aliphatic carbocycles. The van der Waals surface area contributed by atoms with Crippen LogP contribution >= 0.6 is 12.4 Å². The smallest absolute Gasteiger partial charge is 0.119 e. The third kappa shape index (κ3) is 5.70. The molecule has 1 saturated heterocycles. The molecular weight excluding hydrogens is 262 g/mol. The van der Waals surface area contributed by atoms with Crippen LogP contribution in [0.1, 0.15) is 26.2 Å². The van der Waals surface area contributed by atoms with Crippen molar-refractivity contribution in [3.63, 3.8) is 0 Å². The van der Waals surface area contributed by atoms with E-state index >= 15 is 0 Å². The van der Waals surface area contributed by atoms with Gasteiger partial charge in [0.15, 0.2) is 0 Å². The standard InChI is InChI=1S/C15H23NO2.ClH/c1-2-11-17-14-3-5-15(6-4-14)18-12-13-7-9-16-10-8-13;/h3-6,13,16H,2,7-12H2,1H3;1H. The zero-order chi connectivity index (χ0) is 12.6. The zero-order valence-corrected chi connectivity index (χ0v) is 12.4. The minimum absolute atomic E-state index is 0. The number of rotatable bonds is 6. The molecule has 1 aliphatic heterocycles. The van der Waals surface area contributed by atoms with Crippen LogP contribution in [0.15, 0.2) is 24.3 Å². The number of benzene rings is 1. The van der Waals surface area contributed by atoms with Crippen molar-refractivity contribution < 1.29 is 9.47 Å². The maximum atomic E-state index is 5.82. The Morgan fingerprint density at radius 3 is 2.21 bits per heavy atom. The van der Waals surface area contributed by atoms with Crippen LogP contribution in [0.2, 0.25) is 0 Å². The molecule has 2 rings (SSSR count). The average molecular weight is 286 g/mol. The molecule has 0 spiro atoms. The molecule has 1 aromatic rings. The van der Waals surface area contributed by atoms with E-state index in [0.717, 1.165) is 44.2 Å². The molecule has 3 nitrogen and oxygen atoms in total. The third-order valence-corrected chi connectivity index (χ3v) is 3.24. The second-order valence-corrected chi connectivity index (χ2v) is 4.82. The van der Waals surface area contributed by atoms with E-state index in [2.05, 4.69) is 12.2 Å². The summed E-state index contributed by atoms with van der Waals surface area (Å²) in [6.07, 6.45) is 3.48. The maximum absolute atomic E-state index is 5.82. The Balaban J connectivity index is 0.00000180. The molecule has 1 aliphatic rings. The van der Waals surface area contributed by atoms with Crippen LogP contribution < -0.4 is 14.8 Å². The first-order valence-corrected chi connectivity index (χ1v) is 6.95. The summed E-state index contributed by atoms with van der Waals surface area (Å²) in [5.74, 6) is 2.56. The van der Waals surface area contributed by atoms with E-state index < -0.39 is 0 Å². The summed E-state index contributed by atoms with van der Waals surface area (Å²) < 4.78 is 11.4. The fourth-order valence-electron chi connectivity index (χ4n) is 2.11. The summed E-state index contributed by atoms with van der Waals surface area (Å²) in [7, 11) is 0. The van der Waals surface area contributed by atoms with Gasteiger partial charge in [-0.2, -0.15) is 0 Å². The molecule has 0 amide bonds. The van der Waals surface area contributed by atoms with E-state index in [9.17, 15) is 0 Å². The number of nitrogens with one attached hydrogen (secondary N) is 1. The lowest BCUT2D eigenvalue weighted by Gasteiger charge is -2.22. The summed E-state index contributed by atoms with van der Waals surface area (Å²) in [6, 6.07) is 7.94. The molecule has 108 valence electrons. The highest BCUT2D eigenvalue weighted by molar-refractivity contribution is 5.85. The van der Waals surface area contributed by atoms with Gasteiger partial charge in [0.25, 0.3) is 0 Å². The molecule has 0 saturated carbocycles. The van der Waals surface area contributed by atoms with Gasteiger partial charge in [-0.3, -0.25) is 0 Å². The van der Waals surface area contributed by atoms with Gasteiger partial charge in [-0.15, -0.1) is 12.4 Å². The Bertz CT molecular complexity index is 337. The Kier molecular flexibility index (Phi) is 7.68. The number of hydrogen-bond acceptors (Lipinski definition) is 3. The predicted molar refractivity (Wildman–Crippen MR) is 80.6 cm³/mol. The molecule has 1 heterocycles. The van der Waals surface area contributed by atoms with Crippen LogP contribution in [0, 0.1) is 5.92 Å². The Hall–Kier alpha value is -0.930. The predicted octanol–water partition coefficient (Wildman–Crippen LogP) is 3.28. The van der Waals surface area contributed by atoms with Crippen molar-refractivity contribution in [2.45, 2.75) is 26.2 Å². The minimum Gasteiger partial charge on any atom is -0.494 e. The Morgan fingerprint density at radius 1 is 1.05 bits per heavy atom. The molecule has 1 N–H and O–H groups in total. The molecule has 0 radical (unpaired) electrons. The topological polar surface area (TPSA) is 30.5 Å². The lowest BCUT2D eigenvalue weighted by atomic mass is 9.99. The SMILES string of the molecule is CCCOc1ccc(OCC2CCNCC2)cc1.Cl. The van der Waals surface area contributed by atoms with E-state index in [1.807, 2.05) is 24.3 Å². The number of ether oxygens (including phenoxy) is 2. The molecule has 0 unspecified atom stereocenters. The summed E-state index contributed by atoms with van der Waals surface area (Å²) in [5.41, 5.74) is 0. The van der Waals surface area contributed by atoms with Crippen molar-refractivity contribution in [2.24, 2.45) is 5.92 Å². The maximum Gasteiger partial charge on any atom is 0.119 e. The van der Waals surface area contributed by atoms with Gasteiger partial charge in [-0.05, 0) is 62.5 Å². The fourth-order valence-corrected chi connectivity index (χ4v) is 2.11. The van der Waals surface area contributed by atoms with Crippen molar-refractivity contribution in [2.75, 3.05) is 26.3 Å². The van der Waals surface area contributed by atoms with Gasteiger partial charge in [0.2, 0.25) is 0 Å². The van der Waals surface area contributed by atoms with Crippen LogP contribution in [0.3, 0.4) is 0 Å². The van der Waals surface area contributed by atoms with Gasteiger partial charge in [0.1, 0.15) is 11.5 Å². The highest BCUT2D eigenvalue weighted by Crippen LogP contribution is 2.20. The molecule has 0 atom stereocenters. The minimum atomic E-state index is 0. The molecule has 0 aromatic heterocycles. The van der Waals surface area contributed by atoms with E-state index in [4.69, 9.17) is 9.47 Å². The van der Waals surface area contributed by atoms with Gasteiger partial charge >= 0.3 is 0 Å². The summed E-state index contributed by atoms with van der Waals surface area (Å²) >= 11 is 0. The fraction of sp³-hybridized carbons (Fsp3) is 0.600. The van der Waals surface area contributed by atoms with Crippen molar-refractivity contribution in [3.8, 4) is 11.5 Å². The van der Waals surface area contributed by atoms with E-state index in [1.165, 1.54) is 12.8 Å². The quantitative estimate of drug-likeness (QED) is 0.870. The Morgan fingerprint density at radius 2 is 1.63 bits per heavy atom. The van der Waals surface area contributed by atoms with Gasteiger partial charge < -0.3 is 14.8 Å². The number of halogens is 1. The largest absolute Gasteiger partial charge is 0.494 e. The molecule has 4 heteroatoms. The summed E-state index contributed by atoms with van der Waals surface area (Å²) in [5, 5.41) is 3.37. The lowest BCUT2D eigenvalue weighted by Crippen LogP contribution is -2.30. The van der Waals surface area contributed by atoms with Crippen molar-refractivity contribution in [1.29, 1.82) is 0 Å². The lowest BCUT2D eigenvalue weighted by molar-refractivity contribution is 0.215. The van der Waals surface area contributed by atoms with Crippen LogP contribution in [0.4, 0.5) is 0 Å². The van der Waals surface area contributed by atoms with Crippen LogP contribution in [0.5, 0.6) is 11.5 Å². The summed E-state index contributed by atoms with van der Waals surface area (Å²) in [6.45, 7) is 5.96. The van der Waals surface area contributed by atoms with Gasteiger partial charge in [0.05, 0.1) is 13.2 Å². The first-order valence-electron chi connectivity index (χ1n) is 6.95. The third-order valence-electron chi connectivity index (χ3n) is 3.24. The highest BCUT2D eigenvalue weighted by Gasteiger charge is 2.13. The highest BCUT2D eigenvalue weighted by atomic mass is 35.5. The summed E-state index contributed by atoms with van der Waals surface area (Å²) in [4.78, 5) is 0. The van der Waals surface area contributed by atoms with Crippen LogP contribution in [-0.2, 0) is 0 Å². The first-order chi connectivity index (χ1) is 8.88. The zero-order valence-electron chi connectivity index (χ0n) is 11.6. The molecule has 19 heavy (non-hydrogen) atoms. The Labute approximate surface area is 122 Å². The van der Waals surface area contributed by atoms with Gasteiger partial charge in [-0.25, -0.2) is 0 Å². The van der Waals surface area contributed by atoms with E-state index in [1.54, 1.807) is 0 Å². The molecule has 0 bridgehead atoms. The molecular formula is C15H24ClNO2. The number of hydrogen-bond donors (Lipinski definition) is 1. The number of piperidine rings is 1. The molecule has 1 fully saturated rings. The van der Waals surface area contributed by atoms with Gasteiger partial charge in [0, 0.05) is 0 Å². The normalized spacial score (nSPS) is 15.6. The van der Waals surface area contributed by atoms with E-state index in [-0.39, 0.29) is 12.4 Å². The average Bonchev–Trinajstić information content (AvgIpc) is 2.45. The van der Waals surface area contributed by atoms with Crippen molar-refractivity contribution >= 4 is 12.4 Å². The van der Waals surface area contributed by atoms with Crippen molar-refractivity contribution in [3.05, 3.63) is 24.3 Å². The molecule has 1 aromatic carbocycles. The first kappa shape index (κ1) is 16.1. The second kappa shape index (κ2) is 9.05. The van der Waals surface area contributed by atoms with E-state index in [0.29, 0.717) is 5.92 Å². The van der Waals surface area contributed by atoms with Crippen LogP contribution in [-0.4, -0.2) is 26.3 Å². The van der Waals surface area contributed by atoms with Crippen LogP contribution in [0.25, 0.3) is 0 Å².